The van der Waals surface area contributed by atoms with Crippen LogP contribution >= 0.6 is 0 Å². The molecule has 0 aliphatic rings. The summed E-state index contributed by atoms with van der Waals surface area (Å²) in [7, 11) is -2.01. The van der Waals surface area contributed by atoms with E-state index in [-0.39, 0.29) is 18.4 Å². The molecule has 6 nitrogen and oxygen atoms in total. The fourth-order valence-corrected chi connectivity index (χ4v) is 2.93. The molecule has 19 heavy (non-hydrogen) atoms. The quantitative estimate of drug-likeness (QED) is 0.651. The minimum atomic E-state index is -3.51. The summed E-state index contributed by atoms with van der Waals surface area (Å²) in [4.78, 5) is 11.5. The molecule has 0 aliphatic heterocycles. The van der Waals surface area contributed by atoms with Gasteiger partial charge < -0.3 is 14.8 Å². The van der Waals surface area contributed by atoms with Gasteiger partial charge in [0, 0.05) is 13.2 Å². The standard InChI is InChI=1S/C12H25NO5S/c1-6-13-10(7-17-5)8-19(15,16)9-11(14)18-12(2,3)4/h10,13H,6-9H2,1-5H3. The van der Waals surface area contributed by atoms with E-state index in [0.29, 0.717) is 6.54 Å². The van der Waals surface area contributed by atoms with Gasteiger partial charge in [-0.05, 0) is 27.3 Å². The summed E-state index contributed by atoms with van der Waals surface area (Å²) in [5.74, 6) is -1.47. The van der Waals surface area contributed by atoms with Gasteiger partial charge in [0.05, 0.1) is 12.4 Å². The molecule has 0 aromatic carbocycles. The minimum Gasteiger partial charge on any atom is -0.459 e. The third-order valence-corrected chi connectivity index (χ3v) is 3.66. The molecule has 1 N–H and O–H groups in total. The van der Waals surface area contributed by atoms with Crippen molar-refractivity contribution >= 4 is 15.8 Å². The molecule has 0 heterocycles. The molecule has 0 fully saturated rings. The molecule has 0 saturated carbocycles. The second-order valence-corrected chi connectivity index (χ2v) is 7.46. The predicted octanol–water partition coefficient (Wildman–Crippen LogP) is 0.367. The average Bonchev–Trinajstić information content (AvgIpc) is 2.12. The van der Waals surface area contributed by atoms with Crippen molar-refractivity contribution < 1.29 is 22.7 Å². The van der Waals surface area contributed by atoms with E-state index in [1.165, 1.54) is 7.11 Å². The van der Waals surface area contributed by atoms with Crippen LogP contribution in [0.5, 0.6) is 0 Å². The molecular formula is C12H25NO5S. The topological polar surface area (TPSA) is 81.7 Å². The molecule has 0 bridgehead atoms. The molecule has 0 amide bonds. The SMILES string of the molecule is CCNC(COC)CS(=O)(=O)CC(=O)OC(C)(C)C. The first-order valence-electron chi connectivity index (χ1n) is 6.24. The van der Waals surface area contributed by atoms with Gasteiger partial charge in [-0.25, -0.2) is 8.42 Å². The van der Waals surface area contributed by atoms with Gasteiger partial charge in [0.25, 0.3) is 0 Å². The summed E-state index contributed by atoms with van der Waals surface area (Å²) in [6, 6.07) is -0.317. The third-order valence-electron chi connectivity index (χ3n) is 2.07. The predicted molar refractivity (Wildman–Crippen MR) is 73.8 cm³/mol. The molecule has 0 radical (unpaired) electrons. The van der Waals surface area contributed by atoms with Crippen LogP contribution in [0.2, 0.25) is 0 Å². The Morgan fingerprint density at radius 2 is 1.89 bits per heavy atom. The van der Waals surface area contributed by atoms with Gasteiger partial charge in [-0.2, -0.15) is 0 Å². The third kappa shape index (κ3) is 9.86. The van der Waals surface area contributed by atoms with Gasteiger partial charge in [0.2, 0.25) is 0 Å². The Morgan fingerprint density at radius 3 is 2.32 bits per heavy atom. The van der Waals surface area contributed by atoms with E-state index in [9.17, 15) is 13.2 Å². The van der Waals surface area contributed by atoms with Crippen molar-refractivity contribution in [3.8, 4) is 0 Å². The maximum Gasteiger partial charge on any atom is 0.321 e. The number of esters is 1. The van der Waals surface area contributed by atoms with Crippen LogP contribution in [-0.2, 0) is 24.1 Å². The zero-order valence-electron chi connectivity index (χ0n) is 12.4. The van der Waals surface area contributed by atoms with E-state index < -0.39 is 27.2 Å². The maximum absolute atomic E-state index is 11.9. The Hall–Kier alpha value is -0.660. The van der Waals surface area contributed by atoms with E-state index in [2.05, 4.69) is 5.32 Å². The van der Waals surface area contributed by atoms with Crippen LogP contribution in [0.1, 0.15) is 27.7 Å². The Morgan fingerprint density at radius 1 is 1.32 bits per heavy atom. The molecule has 0 aromatic rings. The van der Waals surface area contributed by atoms with Gasteiger partial charge in [0.1, 0.15) is 11.4 Å². The lowest BCUT2D eigenvalue weighted by Gasteiger charge is -2.20. The smallest absolute Gasteiger partial charge is 0.321 e. The zero-order chi connectivity index (χ0) is 15.1. The van der Waals surface area contributed by atoms with Crippen molar-refractivity contribution in [3.05, 3.63) is 0 Å². The molecule has 1 atom stereocenters. The number of likely N-dealkylation sites (N-methyl/N-ethyl adjacent to an activating group) is 1. The van der Waals surface area contributed by atoms with Crippen LogP contribution in [0.25, 0.3) is 0 Å². The van der Waals surface area contributed by atoms with Crippen LogP contribution in [0.3, 0.4) is 0 Å². The number of methoxy groups -OCH3 is 1. The molecule has 0 spiro atoms. The Kier molecular flexibility index (Phi) is 7.54. The lowest BCUT2D eigenvalue weighted by molar-refractivity contribution is -0.151. The Balaban J connectivity index is 4.49. The number of hydrogen-bond acceptors (Lipinski definition) is 6. The van der Waals surface area contributed by atoms with Gasteiger partial charge in [0.15, 0.2) is 9.84 Å². The number of ether oxygens (including phenoxy) is 2. The Labute approximate surface area is 115 Å². The summed E-state index contributed by atoms with van der Waals surface area (Å²) in [6.45, 7) is 7.89. The average molecular weight is 295 g/mol. The van der Waals surface area contributed by atoms with Crippen molar-refractivity contribution in [1.82, 2.24) is 5.32 Å². The fraction of sp³-hybridized carbons (Fsp3) is 0.917. The molecule has 1 unspecified atom stereocenters. The number of hydrogen-bond donors (Lipinski definition) is 1. The highest BCUT2D eigenvalue weighted by atomic mass is 32.2. The summed E-state index contributed by atoms with van der Waals surface area (Å²) >= 11 is 0. The van der Waals surface area contributed by atoms with Gasteiger partial charge >= 0.3 is 5.97 Å². The number of carbonyl (C=O) groups excluding carboxylic acids is 1. The molecule has 0 rings (SSSR count). The number of sulfone groups is 1. The van der Waals surface area contributed by atoms with E-state index >= 15 is 0 Å². The van der Waals surface area contributed by atoms with Gasteiger partial charge in [-0.3, -0.25) is 4.79 Å². The molecule has 114 valence electrons. The lowest BCUT2D eigenvalue weighted by atomic mass is 10.2. The number of carbonyl (C=O) groups is 1. The van der Waals surface area contributed by atoms with Crippen molar-refractivity contribution in [2.75, 3.05) is 31.8 Å². The first-order valence-corrected chi connectivity index (χ1v) is 8.06. The highest BCUT2D eigenvalue weighted by molar-refractivity contribution is 7.92. The maximum atomic E-state index is 11.9. The molecule has 0 aliphatic carbocycles. The van der Waals surface area contributed by atoms with Crippen LogP contribution in [-0.4, -0.2) is 57.8 Å². The first-order chi connectivity index (χ1) is 8.59. The van der Waals surface area contributed by atoms with Gasteiger partial charge in [-0.15, -0.1) is 0 Å². The highest BCUT2D eigenvalue weighted by Gasteiger charge is 2.25. The number of rotatable bonds is 8. The fourth-order valence-electron chi connectivity index (χ4n) is 1.57. The summed E-state index contributed by atoms with van der Waals surface area (Å²) < 4.78 is 33.7. The highest BCUT2D eigenvalue weighted by Crippen LogP contribution is 2.08. The van der Waals surface area contributed by atoms with Crippen molar-refractivity contribution in [2.45, 2.75) is 39.3 Å². The normalized spacial score (nSPS) is 14.2. The lowest BCUT2D eigenvalue weighted by Crippen LogP contribution is -2.41. The molecule has 0 saturated heterocycles. The van der Waals surface area contributed by atoms with Crippen LogP contribution in [0.4, 0.5) is 0 Å². The molecule has 7 heteroatoms. The minimum absolute atomic E-state index is 0.145. The zero-order valence-corrected chi connectivity index (χ0v) is 13.2. The largest absolute Gasteiger partial charge is 0.459 e. The Bertz CT molecular complexity index is 366. The van der Waals surface area contributed by atoms with Crippen molar-refractivity contribution in [1.29, 1.82) is 0 Å². The van der Waals surface area contributed by atoms with Crippen molar-refractivity contribution in [2.24, 2.45) is 0 Å². The molecule has 0 aromatic heterocycles. The van der Waals surface area contributed by atoms with Crippen molar-refractivity contribution in [3.63, 3.8) is 0 Å². The van der Waals surface area contributed by atoms with E-state index in [0.717, 1.165) is 0 Å². The second-order valence-electron chi connectivity index (χ2n) is 5.35. The van der Waals surface area contributed by atoms with E-state index in [1.807, 2.05) is 6.92 Å². The van der Waals surface area contributed by atoms with Crippen LogP contribution in [0, 0.1) is 0 Å². The monoisotopic (exact) mass is 295 g/mol. The van der Waals surface area contributed by atoms with E-state index in [1.54, 1.807) is 20.8 Å². The molecular weight excluding hydrogens is 270 g/mol. The first kappa shape index (κ1) is 18.3. The number of nitrogens with one attached hydrogen (secondary N) is 1. The van der Waals surface area contributed by atoms with E-state index in [4.69, 9.17) is 9.47 Å². The summed E-state index contributed by atoms with van der Waals surface area (Å²) in [5, 5.41) is 3.00. The van der Waals surface area contributed by atoms with Crippen LogP contribution in [0.15, 0.2) is 0 Å². The van der Waals surface area contributed by atoms with Crippen LogP contribution < -0.4 is 5.32 Å². The van der Waals surface area contributed by atoms with Gasteiger partial charge in [-0.1, -0.05) is 6.92 Å². The summed E-state index contributed by atoms with van der Waals surface area (Å²) in [6.07, 6.45) is 0. The second kappa shape index (κ2) is 7.81. The summed E-state index contributed by atoms with van der Waals surface area (Å²) in [5.41, 5.74) is -0.680.